The van der Waals surface area contributed by atoms with Gasteiger partial charge in [-0.25, -0.2) is 4.39 Å². The van der Waals surface area contributed by atoms with Crippen molar-refractivity contribution in [2.24, 2.45) is 40.4 Å². The van der Waals surface area contributed by atoms with Crippen LogP contribution in [-0.4, -0.2) is 20.7 Å². The van der Waals surface area contributed by atoms with Crippen LogP contribution in [0.15, 0.2) is 72.1 Å². The number of hydrogen-bond acceptors (Lipinski definition) is 2. The molecule has 4 aliphatic rings. The van der Waals surface area contributed by atoms with Crippen LogP contribution in [0.4, 0.5) is 4.39 Å². The molecule has 3 saturated carbocycles. The lowest BCUT2D eigenvalue weighted by molar-refractivity contribution is -0.108. The van der Waals surface area contributed by atoms with Crippen molar-refractivity contribution in [2.45, 2.75) is 123 Å². The van der Waals surface area contributed by atoms with Crippen molar-refractivity contribution in [3.63, 3.8) is 0 Å². The minimum absolute atomic E-state index is 0.0570. The van der Waals surface area contributed by atoms with Crippen LogP contribution >= 0.6 is 0 Å². The number of aldehydes is 1. The second-order valence-corrected chi connectivity index (χ2v) is 21.1. The van der Waals surface area contributed by atoms with Crippen molar-refractivity contribution < 1.29 is 13.6 Å². The smallest absolute Gasteiger partial charge is 0.261 e. The average molecular weight is 629 g/mol. The Kier molecular flexibility index (Phi) is 9.15. The SMILES string of the molecule is C[C@H](CCCC=O)[C@H]1CC[C@H]2C3=C(F)C[C@H]4C[C@@H](O[Si](c5ccccc5)(c5ccccc5)C(C)(C)C)CC[C@]4(C)[C@H]3CC[C@]12C. The van der Waals surface area contributed by atoms with Crippen LogP contribution in [0.5, 0.6) is 0 Å². The van der Waals surface area contributed by atoms with E-state index in [0.29, 0.717) is 42.4 Å². The van der Waals surface area contributed by atoms with Gasteiger partial charge in [0.05, 0.1) is 0 Å². The van der Waals surface area contributed by atoms with Gasteiger partial charge >= 0.3 is 0 Å². The maximum absolute atomic E-state index is 16.6. The van der Waals surface area contributed by atoms with E-state index in [1.54, 1.807) is 0 Å². The molecule has 0 amide bonds. The minimum Gasteiger partial charge on any atom is -0.404 e. The first-order chi connectivity index (χ1) is 21.5. The second-order valence-electron chi connectivity index (χ2n) is 16.9. The maximum Gasteiger partial charge on any atom is 0.261 e. The molecule has 8 atom stereocenters. The van der Waals surface area contributed by atoms with Crippen molar-refractivity contribution in [2.75, 3.05) is 0 Å². The fourth-order valence-corrected chi connectivity index (χ4v) is 16.0. The molecule has 4 aliphatic carbocycles. The molecule has 2 aromatic rings. The molecule has 0 aliphatic heterocycles. The zero-order valence-electron chi connectivity index (χ0n) is 28.8. The number of carbonyl (C=O) groups excluding carboxylic acids is 1. The van der Waals surface area contributed by atoms with E-state index in [4.69, 9.17) is 4.43 Å². The van der Waals surface area contributed by atoms with Crippen molar-refractivity contribution in [3.05, 3.63) is 72.1 Å². The Morgan fingerprint density at radius 2 is 1.51 bits per heavy atom. The molecular weight excluding hydrogens is 572 g/mol. The molecule has 0 saturated heterocycles. The predicted molar refractivity (Wildman–Crippen MR) is 187 cm³/mol. The van der Waals surface area contributed by atoms with E-state index in [1.165, 1.54) is 28.8 Å². The van der Waals surface area contributed by atoms with E-state index in [2.05, 4.69) is 102 Å². The van der Waals surface area contributed by atoms with Gasteiger partial charge in [0.1, 0.15) is 12.1 Å². The number of hydrogen-bond donors (Lipinski definition) is 0. The summed E-state index contributed by atoms with van der Waals surface area (Å²) in [4.78, 5) is 10.9. The molecule has 0 aromatic heterocycles. The molecular formula is C41H57FO2Si. The first-order valence-corrected chi connectivity index (χ1v) is 20.0. The van der Waals surface area contributed by atoms with Gasteiger partial charge in [0.2, 0.25) is 0 Å². The lowest BCUT2D eigenvalue weighted by Crippen LogP contribution is -2.68. The molecule has 2 aromatic carbocycles. The fourth-order valence-electron chi connectivity index (χ4n) is 11.2. The van der Waals surface area contributed by atoms with Crippen LogP contribution < -0.4 is 10.4 Å². The van der Waals surface area contributed by atoms with E-state index in [1.807, 2.05) is 0 Å². The summed E-state index contributed by atoms with van der Waals surface area (Å²) in [5, 5.41) is 2.60. The Morgan fingerprint density at radius 3 is 2.11 bits per heavy atom. The number of rotatable bonds is 9. The van der Waals surface area contributed by atoms with Gasteiger partial charge in [0.25, 0.3) is 8.32 Å². The molecule has 0 bridgehead atoms. The average Bonchev–Trinajstić information content (AvgIpc) is 3.38. The summed E-state index contributed by atoms with van der Waals surface area (Å²) >= 11 is 0. The fraction of sp³-hybridized carbons (Fsp3) is 0.634. The van der Waals surface area contributed by atoms with E-state index >= 15 is 4.39 Å². The van der Waals surface area contributed by atoms with Crippen molar-refractivity contribution in [1.29, 1.82) is 0 Å². The Bertz CT molecular complexity index is 1330. The number of allylic oxidation sites excluding steroid dienone is 2. The number of unbranched alkanes of at least 4 members (excludes halogenated alkanes) is 1. The highest BCUT2D eigenvalue weighted by molar-refractivity contribution is 6.99. The molecule has 4 heteroatoms. The Hall–Kier alpha value is -2.04. The zero-order chi connectivity index (χ0) is 32.0. The van der Waals surface area contributed by atoms with E-state index in [9.17, 15) is 4.79 Å². The summed E-state index contributed by atoms with van der Waals surface area (Å²) in [6, 6.07) is 22.0. The van der Waals surface area contributed by atoms with Gasteiger partial charge in [-0.3, -0.25) is 0 Å². The van der Waals surface area contributed by atoms with Gasteiger partial charge in [-0.15, -0.1) is 0 Å². The molecule has 45 heavy (non-hydrogen) atoms. The van der Waals surface area contributed by atoms with E-state index in [-0.39, 0.29) is 27.8 Å². The van der Waals surface area contributed by atoms with Gasteiger partial charge in [0.15, 0.2) is 0 Å². The Labute approximate surface area is 273 Å². The second kappa shape index (κ2) is 12.5. The summed E-state index contributed by atoms with van der Waals surface area (Å²) in [5.74, 6) is 2.55. The van der Waals surface area contributed by atoms with Crippen LogP contribution in [0, 0.1) is 40.4 Å². The molecule has 2 nitrogen and oxygen atoms in total. The Morgan fingerprint density at radius 1 is 0.911 bits per heavy atom. The number of fused-ring (bicyclic) bond motifs is 5. The van der Waals surface area contributed by atoms with Gasteiger partial charge in [-0.05, 0) is 113 Å². The van der Waals surface area contributed by atoms with Crippen molar-refractivity contribution in [3.8, 4) is 0 Å². The quantitative estimate of drug-likeness (QED) is 0.157. The topological polar surface area (TPSA) is 26.3 Å². The van der Waals surface area contributed by atoms with Gasteiger partial charge in [-0.2, -0.15) is 0 Å². The third-order valence-corrected chi connectivity index (χ3v) is 18.7. The standard InChI is InChI=1S/C41H57FO2Si/c1-29(15-13-14-26-43)34-20-21-35-38-36(23-25-41(34,35)6)40(5)24-22-31(27-30(40)28-37(38)42)44-45(39(2,3)4,32-16-9-7-10-17-32)33-18-11-8-12-19-33/h7-12,16-19,26,29-31,34-36H,13-15,20-25,27-28H2,1-6H3/t29-,30-,31+,34-,35+,36+,40+,41-/m1/s1. The molecule has 0 radical (unpaired) electrons. The third-order valence-electron chi connectivity index (χ3n) is 13.6. The van der Waals surface area contributed by atoms with Crippen LogP contribution in [0.2, 0.25) is 5.04 Å². The third kappa shape index (κ3) is 5.54. The highest BCUT2D eigenvalue weighted by Crippen LogP contribution is 2.68. The van der Waals surface area contributed by atoms with Crippen LogP contribution in [0.25, 0.3) is 0 Å². The summed E-state index contributed by atoms with van der Waals surface area (Å²) in [5.41, 5.74) is 1.57. The summed E-state index contributed by atoms with van der Waals surface area (Å²) in [6.07, 6.45) is 12.4. The molecule has 0 heterocycles. The zero-order valence-corrected chi connectivity index (χ0v) is 29.8. The molecule has 6 rings (SSSR count). The number of benzene rings is 2. The highest BCUT2D eigenvalue weighted by Gasteiger charge is 2.60. The molecule has 0 N–H and O–H groups in total. The molecule has 0 spiro atoms. The number of carbonyl (C=O) groups is 1. The normalized spacial score (nSPS) is 34.1. The summed E-state index contributed by atoms with van der Waals surface area (Å²) in [6.45, 7) is 14.5. The predicted octanol–water partition coefficient (Wildman–Crippen LogP) is 9.81. The maximum atomic E-state index is 16.6. The first-order valence-electron chi connectivity index (χ1n) is 18.1. The molecule has 3 fully saturated rings. The van der Waals surface area contributed by atoms with Crippen LogP contribution in [-0.2, 0) is 9.22 Å². The largest absolute Gasteiger partial charge is 0.404 e. The minimum atomic E-state index is -2.65. The summed E-state index contributed by atoms with van der Waals surface area (Å²) in [7, 11) is -2.65. The molecule has 0 unspecified atom stereocenters. The number of halogens is 1. The Balaban J connectivity index is 1.27. The van der Waals surface area contributed by atoms with Gasteiger partial charge in [-0.1, -0.05) is 109 Å². The van der Waals surface area contributed by atoms with Gasteiger partial charge in [0, 0.05) is 18.9 Å². The lowest BCUT2D eigenvalue weighted by atomic mass is 9.47. The van der Waals surface area contributed by atoms with E-state index < -0.39 is 8.32 Å². The highest BCUT2D eigenvalue weighted by atomic mass is 28.4. The first kappa shape index (κ1) is 32.9. The van der Waals surface area contributed by atoms with Crippen LogP contribution in [0.1, 0.15) is 112 Å². The monoisotopic (exact) mass is 628 g/mol. The lowest BCUT2D eigenvalue weighted by Gasteiger charge is -2.59. The molecule has 244 valence electrons. The van der Waals surface area contributed by atoms with E-state index in [0.717, 1.165) is 51.2 Å². The van der Waals surface area contributed by atoms with Gasteiger partial charge < -0.3 is 9.22 Å². The van der Waals surface area contributed by atoms with Crippen LogP contribution in [0.3, 0.4) is 0 Å². The van der Waals surface area contributed by atoms with Crippen molar-refractivity contribution >= 4 is 25.0 Å². The van der Waals surface area contributed by atoms with Crippen molar-refractivity contribution in [1.82, 2.24) is 0 Å². The summed E-state index contributed by atoms with van der Waals surface area (Å²) < 4.78 is 24.3.